The van der Waals surface area contributed by atoms with Crippen LogP contribution in [0.3, 0.4) is 0 Å². The van der Waals surface area contributed by atoms with Crippen LogP contribution in [0.2, 0.25) is 0 Å². The van der Waals surface area contributed by atoms with Crippen LogP contribution in [-0.4, -0.2) is 11.0 Å². The first-order valence-electron chi connectivity index (χ1n) is 12.3. The van der Waals surface area contributed by atoms with E-state index in [2.05, 4.69) is 29.0 Å². The van der Waals surface area contributed by atoms with E-state index in [1.807, 2.05) is 6.07 Å². The lowest BCUT2D eigenvalue weighted by Crippen LogP contribution is -2.20. The quantitative estimate of drug-likeness (QED) is 0.274. The minimum absolute atomic E-state index is 0.0282. The molecule has 1 amide bonds. The fraction of sp³-hybridized carbons (Fsp3) is 0.121. The zero-order chi connectivity index (χ0) is 27.8. The Balaban J connectivity index is 2.03. The van der Waals surface area contributed by atoms with Crippen molar-refractivity contribution in [2.24, 2.45) is 0 Å². The molecule has 0 atom stereocenters. The number of amides is 1. The molecule has 39 heavy (non-hydrogen) atoms. The van der Waals surface area contributed by atoms with Crippen LogP contribution in [0.4, 0.5) is 18.9 Å². The number of phenolic OH excluding ortho intramolecular Hbond substituents is 1. The van der Waals surface area contributed by atoms with Gasteiger partial charge in [-0.05, 0) is 48.4 Å². The van der Waals surface area contributed by atoms with Crippen LogP contribution < -0.4 is 5.32 Å². The Morgan fingerprint density at radius 3 is 1.74 bits per heavy atom. The molecule has 0 fully saturated rings. The van der Waals surface area contributed by atoms with Crippen molar-refractivity contribution in [3.63, 3.8) is 0 Å². The van der Waals surface area contributed by atoms with Gasteiger partial charge in [0.25, 0.3) is 5.91 Å². The lowest BCUT2D eigenvalue weighted by atomic mass is 9.90. The first kappa shape index (κ1) is 27.1. The van der Waals surface area contributed by atoms with Crippen molar-refractivity contribution in [1.29, 1.82) is 0 Å². The molecule has 3 nitrogen and oxygen atoms in total. The molecule has 4 rings (SSSR count). The van der Waals surface area contributed by atoms with Gasteiger partial charge in [-0.1, -0.05) is 91.6 Å². The second-order valence-corrected chi connectivity index (χ2v) is 8.63. The summed E-state index contributed by atoms with van der Waals surface area (Å²) in [6.07, 6.45) is -4.54. The van der Waals surface area contributed by atoms with E-state index in [0.717, 1.165) is 0 Å². The first-order valence-corrected chi connectivity index (χ1v) is 12.3. The van der Waals surface area contributed by atoms with Crippen molar-refractivity contribution >= 4 is 11.6 Å². The summed E-state index contributed by atoms with van der Waals surface area (Å²) < 4.78 is 43.9. The summed E-state index contributed by atoms with van der Waals surface area (Å²) >= 11 is 0. The Labute approximate surface area is 225 Å². The summed E-state index contributed by atoms with van der Waals surface area (Å²) in [5.41, 5.74) is -0.818. The molecular weight excluding hydrogens is 499 g/mol. The largest absolute Gasteiger partial charge is 0.505 e. The van der Waals surface area contributed by atoms with Crippen molar-refractivity contribution in [2.45, 2.75) is 25.9 Å². The van der Waals surface area contributed by atoms with Crippen LogP contribution >= 0.6 is 0 Å². The Kier molecular flexibility index (Phi) is 8.39. The summed E-state index contributed by atoms with van der Waals surface area (Å²) in [5.74, 6) is 9.63. The van der Waals surface area contributed by atoms with Crippen molar-refractivity contribution in [3.8, 4) is 29.4 Å². The first-order chi connectivity index (χ1) is 18.8. The number of hydrogen-bond acceptors (Lipinski definition) is 2. The topological polar surface area (TPSA) is 49.3 Å². The van der Waals surface area contributed by atoms with Gasteiger partial charge in [0.2, 0.25) is 0 Å². The molecule has 0 aliphatic carbocycles. The number of rotatable bonds is 4. The fourth-order valence-electron chi connectivity index (χ4n) is 4.07. The third-order valence-electron chi connectivity index (χ3n) is 5.85. The Hall–Kier alpha value is -4.94. The van der Waals surface area contributed by atoms with Crippen molar-refractivity contribution in [1.82, 2.24) is 0 Å². The molecule has 0 unspecified atom stereocenters. The Morgan fingerprint density at radius 2 is 1.26 bits per heavy atom. The third kappa shape index (κ3) is 6.50. The van der Waals surface area contributed by atoms with Crippen molar-refractivity contribution < 1.29 is 23.1 Å². The van der Waals surface area contributed by atoms with E-state index in [9.17, 15) is 23.1 Å². The Bertz CT molecular complexity index is 1590. The SMILES string of the molecule is CCCc1c(NC(=O)c2ccccc2)c(C#Cc2ccccc2)c(O)c(C#Cc2ccccc2)c1C(F)(F)F. The normalized spacial score (nSPS) is 10.6. The third-order valence-corrected chi connectivity index (χ3v) is 5.85. The van der Waals surface area contributed by atoms with Crippen LogP contribution in [-0.2, 0) is 12.6 Å². The predicted molar refractivity (Wildman–Crippen MR) is 146 cm³/mol. The summed E-state index contributed by atoms with van der Waals surface area (Å²) in [6.45, 7) is 1.74. The number of halogens is 3. The number of aromatic hydroxyl groups is 1. The van der Waals surface area contributed by atoms with E-state index in [-0.39, 0.29) is 28.8 Å². The maximum Gasteiger partial charge on any atom is 0.418 e. The molecule has 194 valence electrons. The summed E-state index contributed by atoms with van der Waals surface area (Å²) in [4.78, 5) is 13.1. The van der Waals surface area contributed by atoms with Crippen LogP contribution in [0.5, 0.6) is 5.75 Å². The average Bonchev–Trinajstić information content (AvgIpc) is 2.94. The highest BCUT2D eigenvalue weighted by Gasteiger charge is 2.40. The number of anilines is 1. The molecule has 4 aromatic carbocycles. The number of benzene rings is 4. The van der Waals surface area contributed by atoms with Gasteiger partial charge in [0.15, 0.2) is 0 Å². The predicted octanol–water partition coefficient (Wildman–Crippen LogP) is 7.42. The smallest absolute Gasteiger partial charge is 0.418 e. The molecule has 0 spiro atoms. The minimum atomic E-state index is -4.86. The highest BCUT2D eigenvalue weighted by molar-refractivity contribution is 6.06. The lowest BCUT2D eigenvalue weighted by Gasteiger charge is -2.22. The summed E-state index contributed by atoms with van der Waals surface area (Å²) in [5, 5.41) is 13.9. The maximum absolute atomic E-state index is 14.6. The standard InChI is InChI=1S/C33H24F3NO2/c1-2-12-26-29(33(34,35)36)27(21-19-23-13-6-3-7-14-23)31(38)28(22-20-24-15-8-4-9-16-24)30(26)37-32(39)25-17-10-5-11-18-25/h3-11,13-18,38H,2,12H2,1H3,(H,37,39). The van der Waals surface area contributed by atoms with E-state index < -0.39 is 29.0 Å². The van der Waals surface area contributed by atoms with Gasteiger partial charge in [0.1, 0.15) is 5.75 Å². The molecule has 4 aromatic rings. The molecular formula is C33H24F3NO2. The van der Waals surface area contributed by atoms with Gasteiger partial charge in [-0.15, -0.1) is 0 Å². The number of phenols is 1. The monoisotopic (exact) mass is 523 g/mol. The second-order valence-electron chi connectivity index (χ2n) is 8.63. The molecule has 0 radical (unpaired) electrons. The molecule has 0 aromatic heterocycles. The minimum Gasteiger partial charge on any atom is -0.505 e. The maximum atomic E-state index is 14.6. The molecule has 0 aliphatic rings. The molecule has 0 bridgehead atoms. The molecule has 0 saturated heterocycles. The number of alkyl halides is 3. The van der Waals surface area contributed by atoms with E-state index in [1.54, 1.807) is 91.9 Å². The number of hydrogen-bond donors (Lipinski definition) is 2. The van der Waals surface area contributed by atoms with Crippen molar-refractivity contribution in [2.75, 3.05) is 5.32 Å². The van der Waals surface area contributed by atoms with E-state index in [4.69, 9.17) is 0 Å². The molecule has 2 N–H and O–H groups in total. The second kappa shape index (κ2) is 12.1. The van der Waals surface area contributed by atoms with E-state index >= 15 is 0 Å². The average molecular weight is 524 g/mol. The van der Waals surface area contributed by atoms with Gasteiger partial charge in [0, 0.05) is 16.7 Å². The molecule has 6 heteroatoms. The van der Waals surface area contributed by atoms with Gasteiger partial charge < -0.3 is 10.4 Å². The molecule has 0 saturated carbocycles. The van der Waals surface area contributed by atoms with Gasteiger partial charge in [-0.2, -0.15) is 13.2 Å². The molecule has 0 aliphatic heterocycles. The van der Waals surface area contributed by atoms with Crippen LogP contribution in [0.15, 0.2) is 91.0 Å². The van der Waals surface area contributed by atoms with Gasteiger partial charge in [0.05, 0.1) is 22.4 Å². The van der Waals surface area contributed by atoms with Gasteiger partial charge in [-0.3, -0.25) is 4.79 Å². The zero-order valence-corrected chi connectivity index (χ0v) is 21.1. The van der Waals surface area contributed by atoms with Gasteiger partial charge in [-0.25, -0.2) is 0 Å². The van der Waals surface area contributed by atoms with Gasteiger partial charge >= 0.3 is 6.18 Å². The highest BCUT2D eigenvalue weighted by atomic mass is 19.4. The van der Waals surface area contributed by atoms with Crippen LogP contribution in [0.1, 0.15) is 57.1 Å². The number of carbonyl (C=O) groups excluding carboxylic acids is 1. The molecule has 0 heterocycles. The summed E-state index contributed by atoms with van der Waals surface area (Å²) in [7, 11) is 0. The number of nitrogens with one attached hydrogen (secondary N) is 1. The fourth-order valence-corrected chi connectivity index (χ4v) is 4.07. The van der Waals surface area contributed by atoms with Crippen LogP contribution in [0, 0.1) is 23.7 Å². The number of carbonyl (C=O) groups is 1. The zero-order valence-electron chi connectivity index (χ0n) is 21.1. The summed E-state index contributed by atoms with van der Waals surface area (Å²) in [6, 6.07) is 25.5. The van der Waals surface area contributed by atoms with Crippen molar-refractivity contribution in [3.05, 3.63) is 130 Å². The van der Waals surface area contributed by atoms with E-state index in [0.29, 0.717) is 17.5 Å². The highest BCUT2D eigenvalue weighted by Crippen LogP contribution is 2.45. The van der Waals surface area contributed by atoms with Crippen LogP contribution in [0.25, 0.3) is 0 Å². The Morgan fingerprint density at radius 1 is 0.769 bits per heavy atom. The van der Waals surface area contributed by atoms with E-state index in [1.165, 1.54) is 0 Å². The lowest BCUT2D eigenvalue weighted by molar-refractivity contribution is -0.138.